The first kappa shape index (κ1) is 45.3. The van der Waals surface area contributed by atoms with Crippen LogP contribution in [-0.2, 0) is 29.2 Å². The van der Waals surface area contributed by atoms with Crippen LogP contribution >= 0.6 is 0 Å². The maximum absolute atomic E-state index is 12.5. The van der Waals surface area contributed by atoms with E-state index in [4.69, 9.17) is 9.29 Å². The van der Waals surface area contributed by atoms with Crippen molar-refractivity contribution in [1.82, 2.24) is 10.6 Å². The molecule has 0 bridgehead atoms. The molecule has 0 saturated heterocycles. The Balaban J connectivity index is 3.95. The molecule has 1 atom stereocenters. The lowest BCUT2D eigenvalue weighted by atomic mass is 10.1. The average molecular weight is 691 g/mol. The van der Waals surface area contributed by atoms with E-state index in [-0.39, 0.29) is 24.2 Å². The van der Waals surface area contributed by atoms with Gasteiger partial charge in [-0.05, 0) is 51.9 Å². The Morgan fingerprint density at radius 1 is 0.660 bits per heavy atom. The average Bonchev–Trinajstić information content (AvgIpc) is 2.99. The molecule has 278 valence electrons. The number of hydrogen-bond donors (Lipinski definition) is 3. The third kappa shape index (κ3) is 31.3. The van der Waals surface area contributed by atoms with Crippen molar-refractivity contribution in [2.45, 2.75) is 168 Å². The van der Waals surface area contributed by atoms with Gasteiger partial charge >= 0.3 is 5.97 Å². The van der Waals surface area contributed by atoms with E-state index in [0.29, 0.717) is 38.6 Å². The summed E-state index contributed by atoms with van der Waals surface area (Å²) in [4.78, 5) is 37.1. The lowest BCUT2D eigenvalue weighted by Gasteiger charge is -2.29. The monoisotopic (exact) mass is 691 g/mol. The van der Waals surface area contributed by atoms with Crippen LogP contribution in [0.1, 0.15) is 162 Å². The number of nitrogens with zero attached hydrogens (tertiary/aromatic N) is 1. The Morgan fingerprint density at radius 3 is 1.68 bits per heavy atom. The Bertz CT molecular complexity index is 912. The fourth-order valence-corrected chi connectivity index (χ4v) is 6.31. The molecule has 47 heavy (non-hydrogen) atoms. The lowest BCUT2D eigenvalue weighted by Crippen LogP contribution is -2.41. The van der Waals surface area contributed by atoms with Gasteiger partial charge in [-0.1, -0.05) is 90.4 Å². The molecular weight excluding hydrogens is 618 g/mol. The van der Waals surface area contributed by atoms with Crippen molar-refractivity contribution < 1.29 is 36.6 Å². The molecule has 0 aromatic rings. The first-order valence-electron chi connectivity index (χ1n) is 18.9. The number of carbonyl (C=O) groups excluding carboxylic acids is 3. The minimum atomic E-state index is -3.88. The van der Waals surface area contributed by atoms with Crippen LogP contribution in [0.4, 0.5) is 0 Å². The zero-order chi connectivity index (χ0) is 35.2. The SMILES string of the molecule is CCCCCCCCCCCC(=O)NCCCCC(NC(=O)CCCCCCCCCC[N+](C)(C)CCCS(=O)(=O)O)C(=O)OCC. The van der Waals surface area contributed by atoms with Crippen LogP contribution in [0.3, 0.4) is 0 Å². The summed E-state index contributed by atoms with van der Waals surface area (Å²) in [5, 5.41) is 5.86. The van der Waals surface area contributed by atoms with Crippen molar-refractivity contribution in [2.24, 2.45) is 0 Å². The molecule has 0 spiro atoms. The predicted molar refractivity (Wildman–Crippen MR) is 192 cm³/mol. The van der Waals surface area contributed by atoms with Crippen molar-refractivity contribution in [3.05, 3.63) is 0 Å². The van der Waals surface area contributed by atoms with E-state index >= 15 is 0 Å². The summed E-state index contributed by atoms with van der Waals surface area (Å²) < 4.78 is 36.6. The normalized spacial score (nSPS) is 12.5. The summed E-state index contributed by atoms with van der Waals surface area (Å²) in [7, 11) is 0.308. The molecule has 0 aliphatic rings. The highest BCUT2D eigenvalue weighted by Gasteiger charge is 2.21. The highest BCUT2D eigenvalue weighted by Crippen LogP contribution is 2.13. The molecule has 0 fully saturated rings. The Morgan fingerprint density at radius 2 is 1.15 bits per heavy atom. The summed E-state index contributed by atoms with van der Waals surface area (Å²) in [5.74, 6) is -0.593. The maximum Gasteiger partial charge on any atom is 0.328 e. The molecule has 10 nitrogen and oxygen atoms in total. The molecule has 0 rings (SSSR count). The lowest BCUT2D eigenvalue weighted by molar-refractivity contribution is -0.890. The molecule has 0 saturated carbocycles. The second-order valence-corrected chi connectivity index (χ2v) is 15.5. The summed E-state index contributed by atoms with van der Waals surface area (Å²) in [6.07, 6.45) is 23.0. The van der Waals surface area contributed by atoms with E-state index in [1.54, 1.807) is 6.92 Å². The zero-order valence-electron chi connectivity index (χ0n) is 30.6. The molecule has 3 N–H and O–H groups in total. The molecule has 0 aromatic heterocycles. The van der Waals surface area contributed by atoms with Crippen LogP contribution < -0.4 is 10.6 Å². The number of esters is 1. The number of nitrogens with one attached hydrogen (secondary N) is 2. The molecule has 11 heteroatoms. The van der Waals surface area contributed by atoms with Crippen LogP contribution in [0.25, 0.3) is 0 Å². The maximum atomic E-state index is 12.5. The molecule has 0 radical (unpaired) electrons. The van der Waals surface area contributed by atoms with Gasteiger partial charge in [0.2, 0.25) is 11.8 Å². The standard InChI is InChI=1S/C36H71N3O7S/c1-5-7-8-9-10-11-14-17-20-27-34(40)37-29-23-22-26-33(36(42)46-6-2)38-35(41)28-21-18-15-12-13-16-19-24-30-39(3,4)31-25-32-47(43,44)45/h33H,5-32H2,1-4H3,(H2-,37,38,40,41,43,44,45)/p+1. The number of hydrogen-bond acceptors (Lipinski definition) is 6. The van der Waals surface area contributed by atoms with E-state index in [2.05, 4.69) is 31.7 Å². The van der Waals surface area contributed by atoms with Crippen LogP contribution in [0, 0.1) is 0 Å². The minimum absolute atomic E-state index is 0.0930. The molecule has 0 aromatic carbocycles. The summed E-state index contributed by atoms with van der Waals surface area (Å²) in [6, 6.07) is -0.647. The molecule has 2 amide bonds. The number of unbranched alkanes of at least 4 members (excludes halogenated alkanes) is 16. The fourth-order valence-electron chi connectivity index (χ4n) is 5.82. The van der Waals surface area contributed by atoms with Crippen molar-refractivity contribution in [3.8, 4) is 0 Å². The zero-order valence-corrected chi connectivity index (χ0v) is 31.4. The predicted octanol–water partition coefficient (Wildman–Crippen LogP) is 7.11. The largest absolute Gasteiger partial charge is 0.464 e. The summed E-state index contributed by atoms with van der Waals surface area (Å²) in [6.45, 7) is 6.56. The van der Waals surface area contributed by atoms with E-state index < -0.39 is 22.1 Å². The smallest absolute Gasteiger partial charge is 0.328 e. The Labute approximate surface area is 288 Å². The third-order valence-corrected chi connectivity index (χ3v) is 9.54. The summed E-state index contributed by atoms with van der Waals surface area (Å²) in [5.41, 5.74) is 0. The number of quaternary nitrogens is 1. The number of amides is 2. The van der Waals surface area contributed by atoms with E-state index in [0.717, 1.165) is 88.2 Å². The molecule has 0 aliphatic heterocycles. The van der Waals surface area contributed by atoms with Gasteiger partial charge in [0, 0.05) is 25.8 Å². The molecule has 0 aliphatic carbocycles. The molecule has 0 heterocycles. The van der Waals surface area contributed by atoms with Gasteiger partial charge in [0.25, 0.3) is 10.1 Å². The van der Waals surface area contributed by atoms with Crippen LogP contribution in [-0.4, -0.2) is 87.4 Å². The Hall–Kier alpha value is -1.72. The van der Waals surface area contributed by atoms with E-state index in [9.17, 15) is 22.8 Å². The van der Waals surface area contributed by atoms with Crippen molar-refractivity contribution in [3.63, 3.8) is 0 Å². The Kier molecular flexibility index (Phi) is 28.1. The second kappa shape index (κ2) is 29.2. The first-order valence-corrected chi connectivity index (χ1v) is 20.5. The third-order valence-electron chi connectivity index (χ3n) is 8.74. The van der Waals surface area contributed by atoms with Gasteiger partial charge in [-0.15, -0.1) is 0 Å². The van der Waals surface area contributed by atoms with Crippen molar-refractivity contribution in [1.29, 1.82) is 0 Å². The number of carbonyl (C=O) groups is 3. The topological polar surface area (TPSA) is 139 Å². The van der Waals surface area contributed by atoms with Gasteiger partial charge in [-0.2, -0.15) is 8.42 Å². The highest BCUT2D eigenvalue weighted by molar-refractivity contribution is 7.85. The van der Waals surface area contributed by atoms with Gasteiger partial charge in [-0.3, -0.25) is 14.1 Å². The summed E-state index contributed by atoms with van der Waals surface area (Å²) >= 11 is 0. The van der Waals surface area contributed by atoms with E-state index in [1.807, 2.05) is 0 Å². The second-order valence-electron chi connectivity index (χ2n) is 13.9. The number of rotatable bonds is 33. The van der Waals surface area contributed by atoms with Crippen molar-refractivity contribution in [2.75, 3.05) is 46.1 Å². The van der Waals surface area contributed by atoms with Crippen molar-refractivity contribution >= 4 is 27.9 Å². The number of ether oxygens (including phenoxy) is 1. The molecular formula is C36H72N3O7S+. The quantitative estimate of drug-likeness (QED) is 0.0289. The van der Waals surface area contributed by atoms with Crippen LogP contribution in [0.5, 0.6) is 0 Å². The van der Waals surface area contributed by atoms with Gasteiger partial charge in [-0.25, -0.2) is 4.79 Å². The van der Waals surface area contributed by atoms with Gasteiger partial charge in [0.05, 0.1) is 39.5 Å². The van der Waals surface area contributed by atoms with Crippen LogP contribution in [0.15, 0.2) is 0 Å². The van der Waals surface area contributed by atoms with E-state index in [1.165, 1.54) is 44.9 Å². The highest BCUT2D eigenvalue weighted by atomic mass is 32.2. The molecule has 1 unspecified atom stereocenters. The van der Waals surface area contributed by atoms with Gasteiger partial charge in [0.1, 0.15) is 6.04 Å². The fraction of sp³-hybridized carbons (Fsp3) is 0.917. The van der Waals surface area contributed by atoms with Gasteiger partial charge < -0.3 is 19.9 Å². The van der Waals surface area contributed by atoms with Gasteiger partial charge in [0.15, 0.2) is 0 Å². The minimum Gasteiger partial charge on any atom is -0.464 e. The first-order chi connectivity index (χ1) is 22.4. The van der Waals surface area contributed by atoms with Crippen LogP contribution in [0.2, 0.25) is 0 Å².